The summed E-state index contributed by atoms with van der Waals surface area (Å²) in [4.78, 5) is 0. The molecule has 6 heteroatoms. The molecule has 1 atom stereocenters. The van der Waals surface area contributed by atoms with E-state index < -0.39 is 11.1 Å². The fraction of sp³-hybridized carbons (Fsp3) is 0.111. The average molecular weight is 269 g/mol. The van der Waals surface area contributed by atoms with Crippen molar-refractivity contribution in [2.24, 2.45) is 0 Å². The van der Waals surface area contributed by atoms with Crippen LogP contribution in [0.1, 0.15) is 5.56 Å². The van der Waals surface area contributed by atoms with Crippen LogP contribution in [0.3, 0.4) is 0 Å². The standard InChI is InChI=1S/C9H7ClO2S2.Na/c1-5-8-6(10)3-2-4-7(8)13-9(5)14(11)12;/h2-4H,1H3,(H,11,12);/q;+1/p-1. The Balaban J connectivity index is 0.00000112. The summed E-state index contributed by atoms with van der Waals surface area (Å²) in [7, 11) is 0. The van der Waals surface area contributed by atoms with E-state index in [1.165, 1.54) is 11.3 Å². The number of fused-ring (bicyclic) bond motifs is 1. The minimum atomic E-state index is -2.17. The second kappa shape index (κ2) is 5.27. The van der Waals surface area contributed by atoms with Crippen LogP contribution in [0.25, 0.3) is 10.1 Å². The van der Waals surface area contributed by atoms with Gasteiger partial charge in [0.05, 0.1) is 4.21 Å². The van der Waals surface area contributed by atoms with Gasteiger partial charge in [0.15, 0.2) is 0 Å². The Morgan fingerprint density at radius 1 is 1.47 bits per heavy atom. The quantitative estimate of drug-likeness (QED) is 0.544. The van der Waals surface area contributed by atoms with Crippen molar-refractivity contribution in [2.45, 2.75) is 11.1 Å². The minimum Gasteiger partial charge on any atom is -0.768 e. The van der Waals surface area contributed by atoms with E-state index in [0.29, 0.717) is 9.23 Å². The van der Waals surface area contributed by atoms with E-state index in [1.807, 2.05) is 12.1 Å². The first kappa shape index (κ1) is 13.6. The van der Waals surface area contributed by atoms with Crippen molar-refractivity contribution in [1.82, 2.24) is 0 Å². The Labute approximate surface area is 121 Å². The van der Waals surface area contributed by atoms with Crippen LogP contribution >= 0.6 is 22.9 Å². The van der Waals surface area contributed by atoms with Crippen molar-refractivity contribution in [2.75, 3.05) is 0 Å². The Bertz CT molecular complexity index is 524. The molecule has 0 spiro atoms. The third-order valence-electron chi connectivity index (χ3n) is 2.01. The molecule has 0 fully saturated rings. The van der Waals surface area contributed by atoms with E-state index in [9.17, 15) is 8.76 Å². The Kier molecular flexibility index (Phi) is 4.80. The van der Waals surface area contributed by atoms with Crippen LogP contribution < -0.4 is 29.6 Å². The molecule has 1 heterocycles. The summed E-state index contributed by atoms with van der Waals surface area (Å²) in [5.41, 5.74) is 0.740. The summed E-state index contributed by atoms with van der Waals surface area (Å²) in [6, 6.07) is 5.45. The second-order valence-corrected chi connectivity index (χ2v) is 5.46. The van der Waals surface area contributed by atoms with E-state index in [4.69, 9.17) is 11.6 Å². The van der Waals surface area contributed by atoms with Crippen molar-refractivity contribution in [3.63, 3.8) is 0 Å². The molecule has 1 aromatic heterocycles. The van der Waals surface area contributed by atoms with Gasteiger partial charge in [-0.3, -0.25) is 4.21 Å². The van der Waals surface area contributed by atoms with Crippen molar-refractivity contribution < 1.29 is 38.3 Å². The molecule has 0 amide bonds. The van der Waals surface area contributed by atoms with Gasteiger partial charge in [0.1, 0.15) is 0 Å². The molecule has 0 saturated carbocycles. The first-order valence-electron chi connectivity index (χ1n) is 3.88. The molecule has 2 aromatic rings. The first-order valence-corrected chi connectivity index (χ1v) is 6.15. The van der Waals surface area contributed by atoms with Gasteiger partial charge >= 0.3 is 29.6 Å². The largest absolute Gasteiger partial charge is 1.00 e. The van der Waals surface area contributed by atoms with Crippen LogP contribution in [0, 0.1) is 6.92 Å². The number of aryl methyl sites for hydroxylation is 1. The normalized spacial score (nSPS) is 12.5. The molecule has 15 heavy (non-hydrogen) atoms. The van der Waals surface area contributed by atoms with Gasteiger partial charge in [-0.15, -0.1) is 11.3 Å². The summed E-state index contributed by atoms with van der Waals surface area (Å²) in [6.45, 7) is 1.77. The van der Waals surface area contributed by atoms with Crippen molar-refractivity contribution >= 4 is 44.1 Å². The summed E-state index contributed by atoms with van der Waals surface area (Å²) >= 11 is 5.06. The van der Waals surface area contributed by atoms with Crippen LogP contribution in [0.5, 0.6) is 0 Å². The maximum Gasteiger partial charge on any atom is 1.00 e. The van der Waals surface area contributed by atoms with Gasteiger partial charge in [0, 0.05) is 15.1 Å². The topological polar surface area (TPSA) is 40.1 Å². The van der Waals surface area contributed by atoms with Gasteiger partial charge in [-0.2, -0.15) is 0 Å². The number of hydrogen-bond donors (Lipinski definition) is 0. The number of halogens is 1. The molecule has 0 aliphatic rings. The van der Waals surface area contributed by atoms with Crippen LogP contribution in [0.15, 0.2) is 22.4 Å². The molecule has 0 aliphatic carbocycles. The maximum atomic E-state index is 10.9. The summed E-state index contributed by atoms with van der Waals surface area (Å²) in [5.74, 6) is 0. The molecular weight excluding hydrogens is 263 g/mol. The van der Waals surface area contributed by atoms with Crippen molar-refractivity contribution in [3.05, 3.63) is 28.8 Å². The van der Waals surface area contributed by atoms with Crippen LogP contribution in [-0.2, 0) is 11.1 Å². The average Bonchev–Trinajstić information content (AvgIpc) is 2.45. The number of hydrogen-bond acceptors (Lipinski definition) is 3. The first-order chi connectivity index (χ1) is 6.61. The van der Waals surface area contributed by atoms with E-state index in [2.05, 4.69) is 0 Å². The van der Waals surface area contributed by atoms with Crippen LogP contribution in [0.2, 0.25) is 5.02 Å². The molecular formula is C9H6ClNaO2S2. The monoisotopic (exact) mass is 268 g/mol. The van der Waals surface area contributed by atoms with Gasteiger partial charge in [0.2, 0.25) is 0 Å². The molecule has 0 N–H and O–H groups in total. The number of benzene rings is 1. The Morgan fingerprint density at radius 3 is 2.67 bits per heavy atom. The number of thiophene rings is 1. The fourth-order valence-electron chi connectivity index (χ4n) is 1.39. The van der Waals surface area contributed by atoms with E-state index in [1.54, 1.807) is 13.0 Å². The van der Waals surface area contributed by atoms with Crippen LogP contribution in [0.4, 0.5) is 0 Å². The zero-order valence-corrected chi connectivity index (χ0v) is 12.6. The minimum absolute atomic E-state index is 0. The molecule has 2 rings (SSSR count). The van der Waals surface area contributed by atoms with Gasteiger partial charge in [-0.05, 0) is 35.7 Å². The van der Waals surface area contributed by atoms with Gasteiger partial charge in [0.25, 0.3) is 0 Å². The third kappa shape index (κ3) is 2.47. The van der Waals surface area contributed by atoms with Gasteiger partial charge in [-0.25, -0.2) is 0 Å². The molecule has 1 unspecified atom stereocenters. The molecule has 0 bridgehead atoms. The van der Waals surface area contributed by atoms with E-state index in [0.717, 1.165) is 15.6 Å². The Morgan fingerprint density at radius 2 is 2.13 bits per heavy atom. The van der Waals surface area contributed by atoms with E-state index >= 15 is 0 Å². The summed E-state index contributed by atoms with van der Waals surface area (Å²) in [5, 5.41) is 1.45. The molecule has 2 nitrogen and oxygen atoms in total. The molecule has 1 aromatic carbocycles. The zero-order valence-electron chi connectivity index (χ0n) is 8.24. The van der Waals surface area contributed by atoms with Crippen molar-refractivity contribution in [1.29, 1.82) is 0 Å². The predicted octanol–water partition coefficient (Wildman–Crippen LogP) is 0.105. The molecule has 74 valence electrons. The molecule has 0 saturated heterocycles. The predicted molar refractivity (Wildman–Crippen MR) is 58.8 cm³/mol. The maximum absolute atomic E-state index is 10.9. The van der Waals surface area contributed by atoms with Crippen molar-refractivity contribution in [3.8, 4) is 0 Å². The SMILES string of the molecule is Cc1c(S(=O)[O-])sc2cccc(Cl)c12.[Na+]. The summed E-state index contributed by atoms with van der Waals surface area (Å²) < 4.78 is 23.0. The number of rotatable bonds is 1. The van der Waals surface area contributed by atoms with Gasteiger partial charge < -0.3 is 4.55 Å². The van der Waals surface area contributed by atoms with Crippen LogP contribution in [-0.4, -0.2) is 8.76 Å². The fourth-order valence-corrected chi connectivity index (χ4v) is 3.62. The second-order valence-electron chi connectivity index (χ2n) is 2.86. The Hall–Kier alpha value is 0.580. The van der Waals surface area contributed by atoms with E-state index in [-0.39, 0.29) is 29.6 Å². The smallest absolute Gasteiger partial charge is 0.768 e. The van der Waals surface area contributed by atoms with Gasteiger partial charge in [-0.1, -0.05) is 17.7 Å². The molecule has 0 aliphatic heterocycles. The molecule has 0 radical (unpaired) electrons. The third-order valence-corrected chi connectivity index (χ3v) is 4.64. The summed E-state index contributed by atoms with van der Waals surface area (Å²) in [6.07, 6.45) is 0. The zero-order chi connectivity index (χ0) is 10.3.